The number of likely N-dealkylation sites (tertiary alicyclic amines) is 1. The van der Waals surface area contributed by atoms with Crippen LogP contribution in [0, 0.1) is 11.8 Å². The van der Waals surface area contributed by atoms with Gasteiger partial charge in [0.25, 0.3) is 0 Å². The summed E-state index contributed by atoms with van der Waals surface area (Å²) in [4.78, 5) is 38.8. The van der Waals surface area contributed by atoms with Crippen LogP contribution in [-0.2, 0) is 35.5 Å². The van der Waals surface area contributed by atoms with Gasteiger partial charge in [-0.15, -0.1) is 23.2 Å². The van der Waals surface area contributed by atoms with Gasteiger partial charge in [-0.05, 0) is 52.8 Å². The smallest absolute Gasteiger partial charge is 0.306 e. The first-order chi connectivity index (χ1) is 18.8. The predicted octanol–water partition coefficient (Wildman–Crippen LogP) is 6.54. The van der Waals surface area contributed by atoms with Crippen LogP contribution in [0.15, 0.2) is 72.8 Å². The van der Waals surface area contributed by atoms with Gasteiger partial charge in [0.1, 0.15) is 16.4 Å². The molecule has 0 unspecified atom stereocenters. The van der Waals surface area contributed by atoms with Crippen molar-refractivity contribution in [2.45, 2.75) is 42.0 Å². The van der Waals surface area contributed by atoms with Crippen LogP contribution in [0.3, 0.4) is 0 Å². The van der Waals surface area contributed by atoms with Crippen molar-refractivity contribution in [2.75, 3.05) is 6.54 Å². The van der Waals surface area contributed by atoms with E-state index in [9.17, 15) is 14.4 Å². The topological polar surface area (TPSA) is 63.7 Å². The van der Waals surface area contributed by atoms with E-state index in [-0.39, 0.29) is 37.4 Å². The number of amides is 2. The summed E-state index contributed by atoms with van der Waals surface area (Å²) < 4.78 is 5.33. The zero-order valence-corrected chi connectivity index (χ0v) is 23.3. The maximum absolute atomic E-state index is 13.8. The number of carbonyl (C=O) groups excluding carboxylic acids is 3. The molecule has 3 aliphatic carbocycles. The molecule has 0 spiro atoms. The Balaban J connectivity index is 1.12. The molecule has 8 heteroatoms. The van der Waals surface area contributed by atoms with Crippen molar-refractivity contribution in [1.29, 1.82) is 0 Å². The summed E-state index contributed by atoms with van der Waals surface area (Å²) in [5, 5.41) is 0.628. The van der Waals surface area contributed by atoms with Gasteiger partial charge in [0, 0.05) is 18.0 Å². The van der Waals surface area contributed by atoms with Crippen molar-refractivity contribution in [2.24, 2.45) is 11.8 Å². The molecule has 1 fully saturated rings. The average molecular weight is 583 g/mol. The highest BCUT2D eigenvalue weighted by atomic mass is 35.5. The Morgan fingerprint density at radius 1 is 0.744 bits per heavy atom. The minimum atomic E-state index is -1.16. The first-order valence-electron chi connectivity index (χ1n) is 13.1. The number of imide groups is 1. The number of rotatable bonds is 8. The van der Waals surface area contributed by atoms with E-state index in [1.165, 1.54) is 4.90 Å². The van der Waals surface area contributed by atoms with Crippen LogP contribution in [0.4, 0.5) is 0 Å². The second-order valence-electron chi connectivity index (χ2n) is 10.4. The van der Waals surface area contributed by atoms with Gasteiger partial charge in [0.05, 0.1) is 11.8 Å². The molecule has 3 aromatic carbocycles. The number of nitrogens with zero attached hydrogens (tertiary/aromatic N) is 1. The van der Waals surface area contributed by atoms with Crippen molar-refractivity contribution < 1.29 is 19.1 Å². The van der Waals surface area contributed by atoms with Crippen LogP contribution < -0.4 is 0 Å². The third-order valence-electron chi connectivity index (χ3n) is 8.25. The molecule has 2 bridgehead atoms. The Morgan fingerprint density at radius 3 is 1.72 bits per heavy atom. The zero-order chi connectivity index (χ0) is 27.4. The number of hydrogen-bond acceptors (Lipinski definition) is 4. The van der Waals surface area contributed by atoms with Crippen molar-refractivity contribution in [3.63, 3.8) is 0 Å². The maximum Gasteiger partial charge on any atom is 0.306 e. The number of hydrogen-bond donors (Lipinski definition) is 0. The molecule has 2 atom stereocenters. The number of ether oxygens (including phenoxy) is 1. The van der Waals surface area contributed by atoms with Crippen molar-refractivity contribution >= 4 is 52.6 Å². The molecule has 1 saturated heterocycles. The van der Waals surface area contributed by atoms with Gasteiger partial charge in [0.15, 0.2) is 0 Å². The second kappa shape index (κ2) is 9.96. The molecule has 0 saturated carbocycles. The van der Waals surface area contributed by atoms with Gasteiger partial charge < -0.3 is 4.74 Å². The average Bonchev–Trinajstić information content (AvgIpc) is 3.21. The number of unbranched alkanes of at least 4 members (excludes halogenated alkanes) is 2. The number of esters is 1. The van der Waals surface area contributed by atoms with Gasteiger partial charge in [0.2, 0.25) is 11.8 Å². The summed E-state index contributed by atoms with van der Waals surface area (Å²) in [6.45, 7) is 0.456. The van der Waals surface area contributed by atoms with Gasteiger partial charge in [-0.25, -0.2) is 0 Å². The lowest BCUT2D eigenvalue weighted by molar-refractivity contribution is -0.145. The van der Waals surface area contributed by atoms with E-state index >= 15 is 0 Å². The van der Waals surface area contributed by atoms with Crippen LogP contribution in [-0.4, -0.2) is 29.2 Å². The Morgan fingerprint density at radius 2 is 1.23 bits per heavy atom. The molecule has 3 aromatic rings. The minimum Gasteiger partial charge on any atom is -0.461 e. The van der Waals surface area contributed by atoms with E-state index in [1.807, 2.05) is 60.7 Å². The molecule has 4 aliphatic rings. The van der Waals surface area contributed by atoms with Gasteiger partial charge >= 0.3 is 5.97 Å². The van der Waals surface area contributed by atoms with E-state index in [0.717, 1.165) is 27.8 Å². The normalized spacial score (nSPS) is 26.3. The van der Waals surface area contributed by atoms with Gasteiger partial charge in [-0.3, -0.25) is 19.3 Å². The molecular formula is C31H26Cl3NO4. The van der Waals surface area contributed by atoms with E-state index in [0.29, 0.717) is 24.3 Å². The lowest BCUT2D eigenvalue weighted by atomic mass is 9.54. The fourth-order valence-electron chi connectivity index (χ4n) is 6.48. The zero-order valence-electron chi connectivity index (χ0n) is 21.0. The van der Waals surface area contributed by atoms with E-state index < -0.39 is 21.6 Å². The minimum absolute atomic E-state index is 0.195. The van der Waals surface area contributed by atoms with Crippen molar-refractivity contribution in [3.05, 3.63) is 106 Å². The van der Waals surface area contributed by atoms with E-state index in [2.05, 4.69) is 0 Å². The van der Waals surface area contributed by atoms with Crippen molar-refractivity contribution in [1.82, 2.24) is 4.90 Å². The standard InChI is InChI=1S/C31H26Cl3NO4/c32-20-15-13-19(14-16-20)18-39-25(36)12-2-1-7-17-35-28(37)26-27(29(35)38)31(34)22-9-4-3-8-21(22)30(26,33)23-10-5-6-11-24(23)31/h3-6,8-11,13-16,26-27H,1-2,7,12,17-18H2/t26-,27-,30?,31?/m0/s1. The Hall–Kier alpha value is -2.86. The van der Waals surface area contributed by atoms with Gasteiger partial charge in [-0.1, -0.05) is 78.7 Å². The third-order valence-corrected chi connectivity index (χ3v) is 9.79. The first kappa shape index (κ1) is 26.4. The van der Waals surface area contributed by atoms with Crippen LogP contribution in [0.2, 0.25) is 5.02 Å². The lowest BCUT2D eigenvalue weighted by Crippen LogP contribution is -2.57. The summed E-state index contributed by atoms with van der Waals surface area (Å²) in [6, 6.07) is 22.4. The third kappa shape index (κ3) is 4.01. The molecule has 1 heterocycles. The monoisotopic (exact) mass is 581 g/mol. The summed E-state index contributed by atoms with van der Waals surface area (Å²) >= 11 is 20.7. The molecule has 0 N–H and O–H groups in total. The summed E-state index contributed by atoms with van der Waals surface area (Å²) in [5.74, 6) is -2.41. The second-order valence-corrected chi connectivity index (χ2v) is 12.0. The molecule has 1 aliphatic heterocycles. The first-order valence-corrected chi connectivity index (χ1v) is 14.2. The summed E-state index contributed by atoms with van der Waals surface area (Å²) in [6.07, 6.45) is 2.10. The highest BCUT2D eigenvalue weighted by Crippen LogP contribution is 2.69. The number of alkyl halides is 2. The fourth-order valence-corrected chi connectivity index (χ4v) is 7.70. The Labute approximate surface area is 242 Å². The Bertz CT molecular complexity index is 1350. The highest BCUT2D eigenvalue weighted by molar-refractivity contribution is 6.36. The number of carbonyl (C=O) groups is 3. The molecule has 2 amide bonds. The van der Waals surface area contributed by atoms with Crippen LogP contribution in [0.1, 0.15) is 53.5 Å². The molecule has 7 rings (SSSR count). The molecular weight excluding hydrogens is 557 g/mol. The molecule has 39 heavy (non-hydrogen) atoms. The van der Waals surface area contributed by atoms with E-state index in [1.54, 1.807) is 12.1 Å². The number of halogens is 3. The largest absolute Gasteiger partial charge is 0.461 e. The molecule has 0 aromatic heterocycles. The van der Waals surface area contributed by atoms with Crippen molar-refractivity contribution in [3.8, 4) is 0 Å². The van der Waals surface area contributed by atoms with Crippen LogP contribution >= 0.6 is 34.8 Å². The fraction of sp³-hybridized carbons (Fsp3) is 0.323. The highest BCUT2D eigenvalue weighted by Gasteiger charge is 2.72. The van der Waals surface area contributed by atoms with Gasteiger partial charge in [-0.2, -0.15) is 0 Å². The summed E-state index contributed by atoms with van der Waals surface area (Å²) in [7, 11) is 0. The molecule has 5 nitrogen and oxygen atoms in total. The van der Waals surface area contributed by atoms with Crippen LogP contribution in [0.25, 0.3) is 0 Å². The SMILES string of the molecule is O=C(CCCCCN1C(=O)[C@@H]2[C@@H](C1=O)C1(Cl)c3ccccc3C2(Cl)c2ccccc21)OCc1ccc(Cl)cc1. The molecule has 200 valence electrons. The predicted molar refractivity (Wildman–Crippen MR) is 150 cm³/mol. The van der Waals surface area contributed by atoms with E-state index in [4.69, 9.17) is 39.5 Å². The molecule has 0 radical (unpaired) electrons. The summed E-state index contributed by atoms with van der Waals surface area (Å²) in [5.41, 5.74) is 4.04. The Kier molecular flexibility index (Phi) is 6.73. The quantitative estimate of drug-likeness (QED) is 0.131. The van der Waals surface area contributed by atoms with Crippen LogP contribution in [0.5, 0.6) is 0 Å². The number of benzene rings is 3. The maximum atomic E-state index is 13.8. The lowest BCUT2D eigenvalue weighted by Gasteiger charge is -2.54.